The maximum absolute atomic E-state index is 11.2. The fourth-order valence-electron chi connectivity index (χ4n) is 3.98. The number of nitrogens with zero attached hydrogens (tertiary/aromatic N) is 1. The van der Waals surface area contributed by atoms with E-state index in [4.69, 9.17) is 17.3 Å². The Morgan fingerprint density at radius 1 is 1.24 bits per heavy atom. The number of nitrogens with two attached hydrogens (primary N) is 1. The highest BCUT2D eigenvalue weighted by Gasteiger charge is 2.32. The summed E-state index contributed by atoms with van der Waals surface area (Å²) in [6, 6.07) is 5.58. The second kappa shape index (κ2) is 8.57. The molecule has 1 aliphatic heterocycles. The van der Waals surface area contributed by atoms with Gasteiger partial charge in [-0.15, -0.1) is 0 Å². The number of benzene rings is 1. The number of aromatic amines is 1. The third kappa shape index (κ3) is 5.18. The summed E-state index contributed by atoms with van der Waals surface area (Å²) in [4.78, 5) is 22.4. The average molecular weight is 417 g/mol. The van der Waals surface area contributed by atoms with E-state index in [1.54, 1.807) is 6.07 Å². The van der Waals surface area contributed by atoms with Crippen LogP contribution in [-0.2, 0) is 24.1 Å². The van der Waals surface area contributed by atoms with Crippen molar-refractivity contribution in [3.63, 3.8) is 0 Å². The van der Waals surface area contributed by atoms with Crippen molar-refractivity contribution in [2.24, 2.45) is 17.1 Å². The molecule has 0 saturated heterocycles. The minimum absolute atomic E-state index is 0.0982. The third-order valence-corrected chi connectivity index (χ3v) is 6.03. The Labute approximate surface area is 176 Å². The molecule has 6 nitrogen and oxygen atoms in total. The number of hydrogen-bond donors (Lipinski definition) is 3. The first-order valence-electron chi connectivity index (χ1n) is 10.1. The van der Waals surface area contributed by atoms with Crippen LogP contribution < -0.4 is 11.1 Å². The van der Waals surface area contributed by atoms with Crippen molar-refractivity contribution < 1.29 is 9.59 Å². The number of aromatic nitrogens is 2. The molecule has 1 aromatic carbocycles. The number of nitrogens with one attached hydrogen (secondary N) is 2. The molecule has 156 valence electrons. The van der Waals surface area contributed by atoms with Crippen molar-refractivity contribution in [3.8, 4) is 0 Å². The molecule has 29 heavy (non-hydrogen) atoms. The summed E-state index contributed by atoms with van der Waals surface area (Å²) in [5.41, 5.74) is 10.2. The van der Waals surface area contributed by atoms with Crippen molar-refractivity contribution >= 4 is 29.1 Å². The Bertz CT molecular complexity index is 914. The first-order valence-corrected chi connectivity index (χ1v) is 10.5. The van der Waals surface area contributed by atoms with Gasteiger partial charge >= 0.3 is 0 Å². The van der Waals surface area contributed by atoms with Gasteiger partial charge in [-0.25, -0.2) is 0 Å². The molecule has 2 heterocycles. The van der Waals surface area contributed by atoms with Crippen molar-refractivity contribution in [2.45, 2.75) is 59.3 Å². The van der Waals surface area contributed by atoms with E-state index >= 15 is 0 Å². The number of fused-ring (bicyclic) bond motifs is 2. The van der Waals surface area contributed by atoms with Crippen molar-refractivity contribution in [1.29, 1.82) is 0 Å². The van der Waals surface area contributed by atoms with Crippen molar-refractivity contribution in [2.75, 3.05) is 5.32 Å². The van der Waals surface area contributed by atoms with Gasteiger partial charge in [0, 0.05) is 28.4 Å². The van der Waals surface area contributed by atoms with Gasteiger partial charge in [-0.05, 0) is 67.2 Å². The van der Waals surface area contributed by atoms with Gasteiger partial charge in [0.05, 0.1) is 0 Å². The van der Waals surface area contributed by atoms with E-state index < -0.39 is 5.91 Å². The van der Waals surface area contributed by atoms with Crippen LogP contribution in [0.2, 0.25) is 5.02 Å². The lowest BCUT2D eigenvalue weighted by atomic mass is 9.71. The largest absolute Gasteiger partial charge is 0.364 e. The number of carbonyl (C=O) groups is 2. The maximum atomic E-state index is 11.2. The van der Waals surface area contributed by atoms with Crippen LogP contribution >= 0.6 is 11.6 Å². The quantitative estimate of drug-likeness (QED) is 0.646. The predicted molar refractivity (Wildman–Crippen MR) is 115 cm³/mol. The highest BCUT2D eigenvalue weighted by molar-refractivity contribution is 6.30. The molecule has 7 heteroatoms. The lowest BCUT2D eigenvalue weighted by molar-refractivity contribution is -0.116. The first kappa shape index (κ1) is 21.4. The standard InChI is InChI=1S/C12H19N3O.C10H10ClNO/c1-12(2,3)7-4-5-9-8(6-7)10(11(13)16)15-14-9;11-8-4-5-9-7(6-8)2-1-3-10(13)12-9/h7H,4-6H2,1-3H3,(H2,13,16)(H,14,15);4-6H,1-3H2,(H,12,13). The van der Waals surface area contributed by atoms with Crippen molar-refractivity contribution in [3.05, 3.63) is 45.7 Å². The summed E-state index contributed by atoms with van der Waals surface area (Å²) in [6.45, 7) is 6.73. The molecule has 0 fully saturated rings. The van der Waals surface area contributed by atoms with Gasteiger partial charge in [0.1, 0.15) is 0 Å². The van der Waals surface area contributed by atoms with Crippen LogP contribution in [0.4, 0.5) is 5.69 Å². The number of halogens is 1. The van der Waals surface area contributed by atoms with E-state index in [1.807, 2.05) is 12.1 Å². The van der Waals surface area contributed by atoms with Crippen molar-refractivity contribution in [1.82, 2.24) is 10.2 Å². The smallest absolute Gasteiger partial charge is 0.269 e. The molecule has 1 unspecified atom stereocenters. The third-order valence-electron chi connectivity index (χ3n) is 5.80. The van der Waals surface area contributed by atoms with Gasteiger partial charge < -0.3 is 11.1 Å². The van der Waals surface area contributed by atoms with E-state index in [0.29, 0.717) is 18.0 Å². The van der Waals surface area contributed by atoms with E-state index in [-0.39, 0.29) is 11.3 Å². The van der Waals surface area contributed by atoms with Crippen LogP contribution in [0.3, 0.4) is 0 Å². The lowest BCUT2D eigenvalue weighted by Crippen LogP contribution is -2.28. The van der Waals surface area contributed by atoms with Gasteiger partial charge in [-0.1, -0.05) is 32.4 Å². The zero-order chi connectivity index (χ0) is 21.2. The molecule has 2 aromatic rings. The zero-order valence-corrected chi connectivity index (χ0v) is 18.0. The van der Waals surface area contributed by atoms with Gasteiger partial charge in [-0.3, -0.25) is 14.7 Å². The number of aryl methyl sites for hydroxylation is 2. The minimum Gasteiger partial charge on any atom is -0.364 e. The summed E-state index contributed by atoms with van der Waals surface area (Å²) in [6.07, 6.45) is 5.46. The number of H-pyrrole nitrogens is 1. The Morgan fingerprint density at radius 3 is 2.69 bits per heavy atom. The van der Waals surface area contributed by atoms with Crippen LogP contribution in [0.15, 0.2) is 18.2 Å². The van der Waals surface area contributed by atoms with Crippen LogP contribution in [0.1, 0.15) is 67.3 Å². The Hall–Kier alpha value is -2.34. The molecule has 2 aliphatic rings. The molecular formula is C22H29ClN4O2. The predicted octanol–water partition coefficient (Wildman–Crippen LogP) is 4.27. The molecule has 4 N–H and O–H groups in total. The second-order valence-corrected chi connectivity index (χ2v) is 9.34. The molecule has 0 saturated carbocycles. The Balaban J connectivity index is 0.000000169. The molecule has 1 aliphatic carbocycles. The monoisotopic (exact) mass is 416 g/mol. The highest BCUT2D eigenvalue weighted by Crippen LogP contribution is 2.37. The van der Waals surface area contributed by atoms with Crippen LogP contribution in [0.25, 0.3) is 0 Å². The summed E-state index contributed by atoms with van der Waals surface area (Å²) in [5.74, 6) is 0.267. The maximum Gasteiger partial charge on any atom is 0.269 e. The number of primary amides is 1. The molecular weight excluding hydrogens is 388 g/mol. The fraction of sp³-hybridized carbons (Fsp3) is 0.500. The topological polar surface area (TPSA) is 101 Å². The molecule has 0 spiro atoms. The van der Waals surface area contributed by atoms with E-state index in [0.717, 1.165) is 59.6 Å². The molecule has 4 rings (SSSR count). The van der Waals surface area contributed by atoms with Gasteiger partial charge in [0.15, 0.2) is 5.69 Å². The average Bonchev–Trinajstić information content (AvgIpc) is 2.98. The Morgan fingerprint density at radius 2 is 2.00 bits per heavy atom. The molecule has 2 amide bonds. The van der Waals surface area contributed by atoms with Gasteiger partial charge in [0.2, 0.25) is 5.91 Å². The van der Waals surface area contributed by atoms with E-state index in [1.165, 1.54) is 0 Å². The lowest BCUT2D eigenvalue weighted by Gasteiger charge is -2.33. The molecule has 0 bridgehead atoms. The van der Waals surface area contributed by atoms with Crippen LogP contribution in [0.5, 0.6) is 0 Å². The number of anilines is 1. The number of carbonyl (C=O) groups excluding carboxylic acids is 2. The number of hydrogen-bond acceptors (Lipinski definition) is 3. The normalized spacial score (nSPS) is 18.5. The molecule has 1 atom stereocenters. The summed E-state index contributed by atoms with van der Waals surface area (Å²) in [7, 11) is 0. The van der Waals surface area contributed by atoms with Gasteiger partial charge in [-0.2, -0.15) is 5.10 Å². The van der Waals surface area contributed by atoms with E-state index in [2.05, 4.69) is 36.3 Å². The second-order valence-electron chi connectivity index (χ2n) is 8.90. The van der Waals surface area contributed by atoms with Crippen LogP contribution in [-0.4, -0.2) is 22.0 Å². The Kier molecular flexibility index (Phi) is 6.32. The highest BCUT2D eigenvalue weighted by atomic mass is 35.5. The molecule has 1 aromatic heterocycles. The zero-order valence-electron chi connectivity index (χ0n) is 17.3. The fourth-order valence-corrected chi connectivity index (χ4v) is 4.18. The van der Waals surface area contributed by atoms with Crippen LogP contribution in [0, 0.1) is 11.3 Å². The SMILES string of the molecule is CC(C)(C)C1CCc2[nH]nc(C(N)=O)c2C1.O=C1CCCc2cc(Cl)ccc2N1. The molecule has 0 radical (unpaired) electrons. The summed E-state index contributed by atoms with van der Waals surface area (Å²) in [5, 5.41) is 10.5. The number of rotatable bonds is 1. The first-order chi connectivity index (χ1) is 13.6. The van der Waals surface area contributed by atoms with Gasteiger partial charge in [0.25, 0.3) is 5.91 Å². The minimum atomic E-state index is -0.424. The summed E-state index contributed by atoms with van der Waals surface area (Å²) >= 11 is 5.85. The number of amides is 2. The summed E-state index contributed by atoms with van der Waals surface area (Å²) < 4.78 is 0. The van der Waals surface area contributed by atoms with E-state index in [9.17, 15) is 9.59 Å².